The van der Waals surface area contributed by atoms with Crippen LogP contribution >= 0.6 is 11.6 Å². The summed E-state index contributed by atoms with van der Waals surface area (Å²) in [5.74, 6) is -0.0702. The molecule has 0 saturated carbocycles. The predicted octanol–water partition coefficient (Wildman–Crippen LogP) is 3.72. The fourth-order valence-corrected chi connectivity index (χ4v) is 2.27. The summed E-state index contributed by atoms with van der Waals surface area (Å²) >= 11 is 5.89. The fraction of sp³-hybridized carbons (Fsp3) is 0. The van der Waals surface area contributed by atoms with E-state index in [9.17, 15) is 4.79 Å². The highest BCUT2D eigenvalue weighted by molar-refractivity contribution is 6.33. The van der Waals surface area contributed by atoms with Crippen LogP contribution in [0.25, 0.3) is 10.8 Å². The van der Waals surface area contributed by atoms with Crippen molar-refractivity contribution in [1.82, 2.24) is 4.98 Å². The molecule has 1 aromatic heterocycles. The molecule has 0 atom stereocenters. The van der Waals surface area contributed by atoms with Crippen LogP contribution in [-0.4, -0.2) is 10.9 Å². The molecule has 104 valence electrons. The smallest absolute Gasteiger partial charge is 0.257 e. The fourth-order valence-electron chi connectivity index (χ4n) is 2.10. The van der Waals surface area contributed by atoms with Crippen LogP contribution in [0.1, 0.15) is 10.4 Å². The van der Waals surface area contributed by atoms with Gasteiger partial charge in [0.05, 0.1) is 10.6 Å². The lowest BCUT2D eigenvalue weighted by atomic mass is 10.1. The summed E-state index contributed by atoms with van der Waals surface area (Å²) < 4.78 is 0. The van der Waals surface area contributed by atoms with Gasteiger partial charge in [-0.25, -0.2) is 4.98 Å². The molecule has 5 heteroatoms. The number of pyridine rings is 1. The zero-order valence-corrected chi connectivity index (χ0v) is 11.8. The van der Waals surface area contributed by atoms with E-state index in [2.05, 4.69) is 10.3 Å². The van der Waals surface area contributed by atoms with E-state index in [1.165, 1.54) is 12.3 Å². The Morgan fingerprint density at radius 3 is 2.71 bits per heavy atom. The molecule has 0 aliphatic rings. The van der Waals surface area contributed by atoms with Crippen molar-refractivity contribution in [2.45, 2.75) is 0 Å². The quantitative estimate of drug-likeness (QED) is 0.757. The van der Waals surface area contributed by atoms with E-state index in [-0.39, 0.29) is 16.7 Å². The number of nitrogens with zero attached hydrogens (tertiary/aromatic N) is 1. The molecule has 21 heavy (non-hydrogen) atoms. The van der Waals surface area contributed by atoms with Gasteiger partial charge < -0.3 is 11.1 Å². The van der Waals surface area contributed by atoms with Crippen molar-refractivity contribution >= 4 is 39.8 Å². The monoisotopic (exact) mass is 297 g/mol. The van der Waals surface area contributed by atoms with E-state index in [0.29, 0.717) is 5.56 Å². The summed E-state index contributed by atoms with van der Waals surface area (Å²) in [7, 11) is 0. The molecule has 0 bridgehead atoms. The van der Waals surface area contributed by atoms with Crippen molar-refractivity contribution in [2.24, 2.45) is 0 Å². The standard InChI is InChI=1S/C16H12ClN3O/c17-13-8-11(9-19-15(13)18)16(21)20-14-7-3-5-10-4-1-2-6-12(10)14/h1-9H,(H2,18,19)(H,20,21). The average molecular weight is 298 g/mol. The summed E-state index contributed by atoms with van der Waals surface area (Å²) in [6.07, 6.45) is 1.40. The lowest BCUT2D eigenvalue weighted by Crippen LogP contribution is -2.13. The number of carbonyl (C=O) groups is 1. The molecule has 3 aromatic rings. The maximum absolute atomic E-state index is 12.3. The lowest BCUT2D eigenvalue weighted by Gasteiger charge is -2.09. The number of amides is 1. The first kappa shape index (κ1) is 13.4. The van der Waals surface area contributed by atoms with Crippen LogP contribution in [0, 0.1) is 0 Å². The third-order valence-corrected chi connectivity index (χ3v) is 3.47. The number of nitrogens with one attached hydrogen (secondary N) is 1. The Morgan fingerprint density at radius 1 is 1.14 bits per heavy atom. The SMILES string of the molecule is Nc1ncc(C(=O)Nc2cccc3ccccc23)cc1Cl. The number of hydrogen-bond donors (Lipinski definition) is 2. The number of aromatic nitrogens is 1. The molecule has 0 radical (unpaired) electrons. The molecule has 0 fully saturated rings. The highest BCUT2D eigenvalue weighted by Crippen LogP contribution is 2.24. The van der Waals surface area contributed by atoms with E-state index in [1.807, 2.05) is 42.5 Å². The molecular formula is C16H12ClN3O. The Balaban J connectivity index is 1.94. The van der Waals surface area contributed by atoms with E-state index in [1.54, 1.807) is 0 Å². The predicted molar refractivity (Wildman–Crippen MR) is 85.6 cm³/mol. The Morgan fingerprint density at radius 2 is 1.90 bits per heavy atom. The van der Waals surface area contributed by atoms with E-state index < -0.39 is 0 Å². The van der Waals surface area contributed by atoms with Gasteiger partial charge in [0, 0.05) is 17.3 Å². The van der Waals surface area contributed by atoms with Gasteiger partial charge in [-0.1, -0.05) is 48.0 Å². The normalized spacial score (nSPS) is 10.5. The molecule has 1 amide bonds. The second-order valence-corrected chi connectivity index (χ2v) is 4.98. The largest absolute Gasteiger partial charge is 0.382 e. The van der Waals surface area contributed by atoms with Gasteiger partial charge in [-0.15, -0.1) is 0 Å². The van der Waals surface area contributed by atoms with Crippen LogP contribution in [0.4, 0.5) is 11.5 Å². The minimum Gasteiger partial charge on any atom is -0.382 e. The Bertz CT molecular complexity index is 827. The number of hydrogen-bond acceptors (Lipinski definition) is 3. The van der Waals surface area contributed by atoms with Gasteiger partial charge in [-0.05, 0) is 17.5 Å². The molecule has 1 heterocycles. The van der Waals surface area contributed by atoms with Crippen LogP contribution in [0.15, 0.2) is 54.7 Å². The number of fused-ring (bicyclic) bond motifs is 1. The second-order valence-electron chi connectivity index (χ2n) is 4.57. The summed E-state index contributed by atoms with van der Waals surface area (Å²) in [5.41, 5.74) is 6.65. The van der Waals surface area contributed by atoms with Crippen LogP contribution < -0.4 is 11.1 Å². The number of anilines is 2. The zero-order chi connectivity index (χ0) is 14.8. The topological polar surface area (TPSA) is 68.0 Å². The molecule has 0 unspecified atom stereocenters. The second kappa shape index (κ2) is 5.42. The highest BCUT2D eigenvalue weighted by Gasteiger charge is 2.10. The molecule has 0 saturated heterocycles. The van der Waals surface area contributed by atoms with Gasteiger partial charge in [0.15, 0.2) is 0 Å². The number of nitrogen functional groups attached to an aromatic ring is 1. The third-order valence-electron chi connectivity index (χ3n) is 3.17. The van der Waals surface area contributed by atoms with Crippen molar-refractivity contribution in [3.8, 4) is 0 Å². The van der Waals surface area contributed by atoms with E-state index in [4.69, 9.17) is 17.3 Å². The van der Waals surface area contributed by atoms with Gasteiger partial charge in [-0.2, -0.15) is 0 Å². The van der Waals surface area contributed by atoms with Crippen molar-refractivity contribution in [1.29, 1.82) is 0 Å². The molecule has 4 nitrogen and oxygen atoms in total. The first-order valence-electron chi connectivity index (χ1n) is 6.35. The highest BCUT2D eigenvalue weighted by atomic mass is 35.5. The molecule has 3 rings (SSSR count). The average Bonchev–Trinajstić information content (AvgIpc) is 2.50. The van der Waals surface area contributed by atoms with Crippen molar-refractivity contribution in [2.75, 3.05) is 11.1 Å². The first-order valence-corrected chi connectivity index (χ1v) is 6.73. The molecule has 0 aliphatic heterocycles. The zero-order valence-electron chi connectivity index (χ0n) is 11.0. The van der Waals surface area contributed by atoms with Crippen molar-refractivity contribution in [3.05, 3.63) is 65.3 Å². The van der Waals surface area contributed by atoms with Crippen LogP contribution in [0.5, 0.6) is 0 Å². The molecular weight excluding hydrogens is 286 g/mol. The van der Waals surface area contributed by atoms with Crippen LogP contribution in [0.3, 0.4) is 0 Å². The number of nitrogens with two attached hydrogens (primary N) is 1. The van der Waals surface area contributed by atoms with Gasteiger partial charge in [0.1, 0.15) is 5.82 Å². The third kappa shape index (κ3) is 2.66. The summed E-state index contributed by atoms with van der Waals surface area (Å²) in [5, 5.41) is 5.17. The van der Waals surface area contributed by atoms with Gasteiger partial charge in [0.2, 0.25) is 0 Å². The maximum Gasteiger partial charge on any atom is 0.257 e. The van der Waals surface area contributed by atoms with Gasteiger partial charge >= 0.3 is 0 Å². The lowest BCUT2D eigenvalue weighted by molar-refractivity contribution is 0.102. The number of carbonyl (C=O) groups excluding carboxylic acids is 1. The Hall–Kier alpha value is -2.59. The van der Waals surface area contributed by atoms with E-state index in [0.717, 1.165) is 16.5 Å². The maximum atomic E-state index is 12.3. The van der Waals surface area contributed by atoms with Gasteiger partial charge in [0.25, 0.3) is 5.91 Å². The van der Waals surface area contributed by atoms with Crippen LogP contribution in [-0.2, 0) is 0 Å². The minimum absolute atomic E-state index is 0.207. The summed E-state index contributed by atoms with van der Waals surface area (Å²) in [4.78, 5) is 16.2. The number of benzene rings is 2. The van der Waals surface area contributed by atoms with E-state index >= 15 is 0 Å². The van der Waals surface area contributed by atoms with Gasteiger partial charge in [-0.3, -0.25) is 4.79 Å². The molecule has 3 N–H and O–H groups in total. The summed E-state index contributed by atoms with van der Waals surface area (Å²) in [6.45, 7) is 0. The summed E-state index contributed by atoms with van der Waals surface area (Å²) in [6, 6.07) is 15.1. The van der Waals surface area contributed by atoms with Crippen molar-refractivity contribution < 1.29 is 4.79 Å². The minimum atomic E-state index is -0.277. The molecule has 0 aliphatic carbocycles. The first-order chi connectivity index (χ1) is 10.1. The number of halogens is 1. The number of rotatable bonds is 2. The molecule has 2 aromatic carbocycles. The Kier molecular flexibility index (Phi) is 3.46. The van der Waals surface area contributed by atoms with Crippen molar-refractivity contribution in [3.63, 3.8) is 0 Å². The van der Waals surface area contributed by atoms with Crippen LogP contribution in [0.2, 0.25) is 5.02 Å². The molecule has 0 spiro atoms. The Labute approximate surface area is 126 Å².